The Kier molecular flexibility index (Phi) is 6.66. The van der Waals surface area contributed by atoms with Gasteiger partial charge >= 0.3 is 0 Å². The highest BCUT2D eigenvalue weighted by atomic mass is 16.1. The Hall–Kier alpha value is -0.370. The van der Waals surface area contributed by atoms with E-state index in [-0.39, 0.29) is 0 Å². The summed E-state index contributed by atoms with van der Waals surface area (Å²) in [6.45, 7) is 4.09. The van der Waals surface area contributed by atoms with Crippen molar-refractivity contribution in [2.45, 2.75) is 58.3 Å². The number of ketones is 1. The van der Waals surface area contributed by atoms with Crippen LogP contribution in [-0.4, -0.2) is 18.9 Å². The number of hydrogen-bond acceptors (Lipinski definition) is 2. The number of unbranched alkanes of at least 4 members (excludes halogenated alkanes) is 6. The predicted octanol–water partition coefficient (Wildman–Crippen LogP) is 2.92. The van der Waals surface area contributed by atoms with E-state index in [1.54, 1.807) is 0 Å². The molecule has 2 nitrogen and oxygen atoms in total. The monoisotopic (exact) mass is 211 g/mol. The molecule has 0 saturated carbocycles. The zero-order valence-electron chi connectivity index (χ0n) is 10.1. The van der Waals surface area contributed by atoms with Gasteiger partial charge in [-0.15, -0.1) is 0 Å². The van der Waals surface area contributed by atoms with Crippen molar-refractivity contribution < 1.29 is 4.79 Å². The fourth-order valence-electron chi connectivity index (χ4n) is 1.98. The summed E-state index contributed by atoms with van der Waals surface area (Å²) in [4.78, 5) is 11.5. The van der Waals surface area contributed by atoms with Crippen molar-refractivity contribution in [2.75, 3.05) is 13.1 Å². The van der Waals surface area contributed by atoms with Crippen LogP contribution >= 0.6 is 0 Å². The molecule has 88 valence electrons. The number of Topliss-reactive ketones (excluding diaryl/α,β-unsaturated/α-hetero) is 1. The lowest BCUT2D eigenvalue weighted by atomic mass is 9.94. The lowest BCUT2D eigenvalue weighted by Crippen LogP contribution is -2.46. The van der Waals surface area contributed by atoms with E-state index in [4.69, 9.17) is 0 Å². The molecule has 2 heteroatoms. The SMILES string of the molecule is CCCCCCCCCC(=O)C1CNC1. The molecule has 1 aliphatic rings. The molecule has 0 bridgehead atoms. The van der Waals surface area contributed by atoms with E-state index in [1.807, 2.05) is 0 Å². The van der Waals surface area contributed by atoms with E-state index in [2.05, 4.69) is 12.2 Å². The Balaban J connectivity index is 1.81. The highest BCUT2D eigenvalue weighted by Gasteiger charge is 2.23. The Morgan fingerprint density at radius 1 is 1.07 bits per heavy atom. The number of rotatable bonds is 9. The first-order valence-electron chi connectivity index (χ1n) is 6.58. The zero-order valence-corrected chi connectivity index (χ0v) is 10.1. The number of hydrogen-bond donors (Lipinski definition) is 1. The molecule has 1 aliphatic heterocycles. The molecule has 0 aromatic rings. The van der Waals surface area contributed by atoms with Crippen molar-refractivity contribution in [3.63, 3.8) is 0 Å². The third kappa shape index (κ3) is 5.31. The molecule has 1 fully saturated rings. The van der Waals surface area contributed by atoms with Crippen LogP contribution in [0.4, 0.5) is 0 Å². The third-order valence-corrected chi connectivity index (χ3v) is 3.26. The van der Waals surface area contributed by atoms with E-state index >= 15 is 0 Å². The maximum Gasteiger partial charge on any atom is 0.138 e. The molecule has 0 aromatic heterocycles. The Morgan fingerprint density at radius 3 is 2.20 bits per heavy atom. The minimum atomic E-state index is 0.352. The summed E-state index contributed by atoms with van der Waals surface area (Å²) < 4.78 is 0. The van der Waals surface area contributed by atoms with Gasteiger partial charge in [-0.2, -0.15) is 0 Å². The van der Waals surface area contributed by atoms with E-state index in [0.29, 0.717) is 11.7 Å². The second-order valence-electron chi connectivity index (χ2n) is 4.69. The second-order valence-corrected chi connectivity index (χ2v) is 4.69. The summed E-state index contributed by atoms with van der Waals surface area (Å²) in [5, 5.41) is 3.15. The average Bonchev–Trinajstić information content (AvgIpc) is 2.14. The first kappa shape index (κ1) is 12.7. The van der Waals surface area contributed by atoms with E-state index in [1.165, 1.54) is 38.5 Å². The van der Waals surface area contributed by atoms with Crippen LogP contribution in [0.2, 0.25) is 0 Å². The average molecular weight is 211 g/mol. The van der Waals surface area contributed by atoms with Gasteiger partial charge in [0.1, 0.15) is 5.78 Å². The quantitative estimate of drug-likeness (QED) is 0.594. The summed E-state index contributed by atoms with van der Waals surface area (Å²) in [6, 6.07) is 0. The minimum Gasteiger partial charge on any atom is -0.315 e. The van der Waals surface area contributed by atoms with Crippen molar-refractivity contribution in [3.8, 4) is 0 Å². The molecule has 0 unspecified atom stereocenters. The molecule has 1 saturated heterocycles. The summed E-state index contributed by atoms with van der Waals surface area (Å²) in [5.74, 6) is 0.840. The highest BCUT2D eigenvalue weighted by molar-refractivity contribution is 5.82. The molecular formula is C13H25NO. The first-order valence-corrected chi connectivity index (χ1v) is 6.58. The van der Waals surface area contributed by atoms with Crippen LogP contribution < -0.4 is 5.32 Å². The summed E-state index contributed by atoms with van der Waals surface area (Å²) in [7, 11) is 0. The highest BCUT2D eigenvalue weighted by Crippen LogP contribution is 2.12. The van der Waals surface area contributed by atoms with Gasteiger partial charge in [-0.3, -0.25) is 4.79 Å². The fourth-order valence-corrected chi connectivity index (χ4v) is 1.98. The van der Waals surface area contributed by atoms with E-state index in [9.17, 15) is 4.79 Å². The van der Waals surface area contributed by atoms with Gasteiger partial charge in [0, 0.05) is 25.4 Å². The molecular weight excluding hydrogens is 186 g/mol. The normalized spacial score (nSPS) is 16.3. The largest absolute Gasteiger partial charge is 0.315 e. The summed E-state index contributed by atoms with van der Waals surface area (Å²) in [6.07, 6.45) is 9.90. The van der Waals surface area contributed by atoms with E-state index in [0.717, 1.165) is 25.9 Å². The molecule has 1 heterocycles. The minimum absolute atomic E-state index is 0.352. The molecule has 1 rings (SSSR count). The second kappa shape index (κ2) is 7.86. The predicted molar refractivity (Wildman–Crippen MR) is 64.0 cm³/mol. The zero-order chi connectivity index (χ0) is 10.9. The van der Waals surface area contributed by atoms with Crippen molar-refractivity contribution in [2.24, 2.45) is 5.92 Å². The topological polar surface area (TPSA) is 29.1 Å². The Morgan fingerprint density at radius 2 is 1.67 bits per heavy atom. The maximum absolute atomic E-state index is 11.5. The number of nitrogens with one attached hydrogen (secondary N) is 1. The van der Waals surface area contributed by atoms with Gasteiger partial charge in [-0.1, -0.05) is 45.4 Å². The fraction of sp³-hybridized carbons (Fsp3) is 0.923. The molecule has 0 aliphatic carbocycles. The van der Waals surface area contributed by atoms with Crippen molar-refractivity contribution in [3.05, 3.63) is 0 Å². The van der Waals surface area contributed by atoms with Gasteiger partial charge < -0.3 is 5.32 Å². The molecule has 0 aromatic carbocycles. The van der Waals surface area contributed by atoms with Crippen LogP contribution in [0.5, 0.6) is 0 Å². The van der Waals surface area contributed by atoms with Crippen molar-refractivity contribution in [1.82, 2.24) is 5.32 Å². The number of carbonyl (C=O) groups is 1. The molecule has 15 heavy (non-hydrogen) atoms. The Labute approximate surface area is 93.8 Å². The van der Waals surface area contributed by atoms with Crippen molar-refractivity contribution in [1.29, 1.82) is 0 Å². The first-order chi connectivity index (χ1) is 7.34. The van der Waals surface area contributed by atoms with Crippen LogP contribution in [0.1, 0.15) is 58.3 Å². The van der Waals surface area contributed by atoms with Gasteiger partial charge in [0.25, 0.3) is 0 Å². The molecule has 1 N–H and O–H groups in total. The standard InChI is InChI=1S/C13H25NO/c1-2-3-4-5-6-7-8-9-13(15)12-10-14-11-12/h12,14H,2-11H2,1H3. The van der Waals surface area contributed by atoms with Crippen LogP contribution in [0.15, 0.2) is 0 Å². The number of carbonyl (C=O) groups excluding carboxylic acids is 1. The maximum atomic E-state index is 11.5. The third-order valence-electron chi connectivity index (χ3n) is 3.26. The van der Waals surface area contributed by atoms with Crippen molar-refractivity contribution >= 4 is 5.78 Å². The molecule has 0 atom stereocenters. The summed E-state index contributed by atoms with van der Waals surface area (Å²) in [5.41, 5.74) is 0. The van der Waals surface area contributed by atoms with E-state index < -0.39 is 0 Å². The molecule has 0 spiro atoms. The van der Waals surface area contributed by atoms with Crippen LogP contribution in [0.25, 0.3) is 0 Å². The lowest BCUT2D eigenvalue weighted by molar-refractivity contribution is -0.124. The smallest absolute Gasteiger partial charge is 0.138 e. The van der Waals surface area contributed by atoms with Gasteiger partial charge in [0.05, 0.1) is 0 Å². The molecule has 0 radical (unpaired) electrons. The molecule has 0 amide bonds. The van der Waals surface area contributed by atoms with Gasteiger partial charge in [-0.25, -0.2) is 0 Å². The van der Waals surface area contributed by atoms with Gasteiger partial charge in [0.2, 0.25) is 0 Å². The van der Waals surface area contributed by atoms with Gasteiger partial charge in [0.15, 0.2) is 0 Å². The van der Waals surface area contributed by atoms with Crippen LogP contribution in [-0.2, 0) is 4.79 Å². The summed E-state index contributed by atoms with van der Waals surface area (Å²) >= 11 is 0. The lowest BCUT2D eigenvalue weighted by Gasteiger charge is -2.25. The van der Waals surface area contributed by atoms with Gasteiger partial charge in [-0.05, 0) is 6.42 Å². The Bertz CT molecular complexity index is 175. The van der Waals surface area contributed by atoms with Crippen LogP contribution in [0, 0.1) is 5.92 Å². The van der Waals surface area contributed by atoms with Crippen LogP contribution in [0.3, 0.4) is 0 Å².